The maximum absolute atomic E-state index is 5.20. The fraction of sp³-hybridized carbons (Fsp3) is 0.611. The molecule has 1 aliphatic heterocycles. The number of benzene rings is 1. The predicted octanol–water partition coefficient (Wildman–Crippen LogP) is 3.03. The molecule has 0 saturated carbocycles. The van der Waals surface area contributed by atoms with Gasteiger partial charge in [-0.1, -0.05) is 31.2 Å². The van der Waals surface area contributed by atoms with Crippen LogP contribution < -0.4 is 5.32 Å². The van der Waals surface area contributed by atoms with Gasteiger partial charge in [0.25, 0.3) is 0 Å². The van der Waals surface area contributed by atoms with Gasteiger partial charge in [-0.25, -0.2) is 4.99 Å². The highest BCUT2D eigenvalue weighted by atomic mass is 16.5. The SMILES string of the molecule is CCNC(=NCc1cccc(COC)c1)N1CCCC(C)C1. The molecule has 22 heavy (non-hydrogen) atoms. The molecule has 0 aromatic heterocycles. The van der Waals surface area contributed by atoms with E-state index in [-0.39, 0.29) is 0 Å². The number of likely N-dealkylation sites (tertiary alicyclic amines) is 1. The second-order valence-electron chi connectivity index (χ2n) is 6.12. The highest BCUT2D eigenvalue weighted by Crippen LogP contribution is 2.16. The average molecular weight is 303 g/mol. The first-order chi connectivity index (χ1) is 10.7. The van der Waals surface area contributed by atoms with Gasteiger partial charge in [0.05, 0.1) is 13.2 Å². The topological polar surface area (TPSA) is 36.9 Å². The van der Waals surface area contributed by atoms with Gasteiger partial charge in [-0.15, -0.1) is 0 Å². The van der Waals surface area contributed by atoms with Crippen LogP contribution in [0.25, 0.3) is 0 Å². The molecule has 2 rings (SSSR count). The van der Waals surface area contributed by atoms with Gasteiger partial charge in [-0.05, 0) is 36.8 Å². The number of nitrogens with one attached hydrogen (secondary N) is 1. The molecule has 0 aliphatic carbocycles. The van der Waals surface area contributed by atoms with E-state index in [9.17, 15) is 0 Å². The van der Waals surface area contributed by atoms with Gasteiger partial charge in [0.1, 0.15) is 0 Å². The second-order valence-corrected chi connectivity index (χ2v) is 6.12. The molecule has 4 nitrogen and oxygen atoms in total. The smallest absolute Gasteiger partial charge is 0.194 e. The Balaban J connectivity index is 2.04. The van der Waals surface area contributed by atoms with Crippen LogP contribution in [0.1, 0.15) is 37.8 Å². The lowest BCUT2D eigenvalue weighted by Gasteiger charge is -2.33. The van der Waals surface area contributed by atoms with Gasteiger partial charge >= 0.3 is 0 Å². The minimum Gasteiger partial charge on any atom is -0.380 e. The molecule has 4 heteroatoms. The van der Waals surface area contributed by atoms with Gasteiger partial charge in [-0.2, -0.15) is 0 Å². The summed E-state index contributed by atoms with van der Waals surface area (Å²) in [6, 6.07) is 8.48. The van der Waals surface area contributed by atoms with E-state index >= 15 is 0 Å². The van der Waals surface area contributed by atoms with Crippen molar-refractivity contribution in [2.75, 3.05) is 26.7 Å². The summed E-state index contributed by atoms with van der Waals surface area (Å²) in [4.78, 5) is 7.23. The second kappa shape index (κ2) is 8.79. The average Bonchev–Trinajstić information content (AvgIpc) is 2.52. The molecule has 1 atom stereocenters. The quantitative estimate of drug-likeness (QED) is 0.671. The highest BCUT2D eigenvalue weighted by molar-refractivity contribution is 5.80. The Labute approximate surface area is 134 Å². The van der Waals surface area contributed by atoms with Crippen molar-refractivity contribution in [2.45, 2.75) is 39.8 Å². The van der Waals surface area contributed by atoms with Crippen LogP contribution in [0.15, 0.2) is 29.3 Å². The minimum absolute atomic E-state index is 0.654. The molecule has 1 heterocycles. The van der Waals surface area contributed by atoms with Crippen molar-refractivity contribution in [1.82, 2.24) is 10.2 Å². The van der Waals surface area contributed by atoms with Crippen LogP contribution in [-0.2, 0) is 17.9 Å². The summed E-state index contributed by atoms with van der Waals surface area (Å²) in [6.45, 7) is 8.95. The Morgan fingerprint density at radius 3 is 2.95 bits per heavy atom. The zero-order chi connectivity index (χ0) is 15.8. The molecule has 1 fully saturated rings. The van der Waals surface area contributed by atoms with Crippen molar-refractivity contribution in [3.63, 3.8) is 0 Å². The van der Waals surface area contributed by atoms with E-state index in [2.05, 4.69) is 48.3 Å². The molecule has 1 aliphatic rings. The first-order valence-electron chi connectivity index (χ1n) is 8.33. The molecule has 1 N–H and O–H groups in total. The maximum atomic E-state index is 5.20. The number of nitrogens with zero attached hydrogens (tertiary/aromatic N) is 2. The summed E-state index contributed by atoms with van der Waals surface area (Å²) in [5.74, 6) is 1.80. The monoisotopic (exact) mass is 303 g/mol. The first kappa shape index (κ1) is 16.8. The Kier molecular flexibility index (Phi) is 6.72. The molecule has 122 valence electrons. The molecule has 0 spiro atoms. The number of hydrogen-bond acceptors (Lipinski definition) is 2. The van der Waals surface area contributed by atoms with Crippen LogP contribution in [0.3, 0.4) is 0 Å². The fourth-order valence-corrected chi connectivity index (χ4v) is 2.96. The Bertz CT molecular complexity index is 487. The van der Waals surface area contributed by atoms with Gasteiger partial charge in [0.2, 0.25) is 0 Å². The summed E-state index contributed by atoms with van der Waals surface area (Å²) in [5, 5.41) is 3.43. The van der Waals surface area contributed by atoms with Crippen LogP contribution >= 0.6 is 0 Å². The lowest BCUT2D eigenvalue weighted by Crippen LogP contribution is -2.46. The van der Waals surface area contributed by atoms with E-state index in [4.69, 9.17) is 9.73 Å². The van der Waals surface area contributed by atoms with Crippen molar-refractivity contribution in [3.8, 4) is 0 Å². The number of aliphatic imine (C=N–C) groups is 1. The first-order valence-corrected chi connectivity index (χ1v) is 8.33. The standard InChI is InChI=1S/C18H29N3O/c1-4-19-18(21-10-6-7-15(2)13-21)20-12-16-8-5-9-17(11-16)14-22-3/h5,8-9,11,15H,4,6-7,10,12-14H2,1-3H3,(H,19,20). The van der Waals surface area contributed by atoms with E-state index in [1.54, 1.807) is 7.11 Å². The largest absolute Gasteiger partial charge is 0.380 e. The molecule has 1 aromatic rings. The van der Waals surface area contributed by atoms with Gasteiger partial charge in [-0.3, -0.25) is 0 Å². The molecule has 0 amide bonds. The minimum atomic E-state index is 0.654. The predicted molar refractivity (Wildman–Crippen MR) is 91.9 cm³/mol. The Morgan fingerprint density at radius 2 is 2.23 bits per heavy atom. The lowest BCUT2D eigenvalue weighted by molar-refractivity contribution is 0.185. The number of methoxy groups -OCH3 is 1. The number of guanidine groups is 1. The van der Waals surface area contributed by atoms with Crippen LogP contribution in [-0.4, -0.2) is 37.6 Å². The lowest BCUT2D eigenvalue weighted by atomic mass is 10.0. The Hall–Kier alpha value is -1.55. The molecule has 0 bridgehead atoms. The number of hydrogen-bond donors (Lipinski definition) is 1. The van der Waals surface area contributed by atoms with E-state index in [1.807, 2.05) is 0 Å². The number of piperidine rings is 1. The summed E-state index contributed by atoms with van der Waals surface area (Å²) >= 11 is 0. The molecular weight excluding hydrogens is 274 g/mol. The normalized spacial score (nSPS) is 19.3. The molecule has 1 saturated heterocycles. The molecule has 1 aromatic carbocycles. The number of rotatable bonds is 5. The Morgan fingerprint density at radius 1 is 1.41 bits per heavy atom. The zero-order valence-electron chi connectivity index (χ0n) is 14.1. The van der Waals surface area contributed by atoms with Crippen LogP contribution in [0, 0.1) is 5.92 Å². The molecule has 0 radical (unpaired) electrons. The van der Waals surface area contributed by atoms with Crippen molar-refractivity contribution >= 4 is 5.96 Å². The fourth-order valence-electron chi connectivity index (χ4n) is 2.96. The molecule has 1 unspecified atom stereocenters. The third kappa shape index (κ3) is 5.02. The van der Waals surface area contributed by atoms with E-state index in [0.29, 0.717) is 13.2 Å². The van der Waals surface area contributed by atoms with Crippen molar-refractivity contribution in [3.05, 3.63) is 35.4 Å². The highest BCUT2D eigenvalue weighted by Gasteiger charge is 2.18. The third-order valence-electron chi connectivity index (χ3n) is 4.01. The maximum Gasteiger partial charge on any atom is 0.194 e. The number of ether oxygens (including phenoxy) is 1. The van der Waals surface area contributed by atoms with Crippen molar-refractivity contribution in [2.24, 2.45) is 10.9 Å². The summed E-state index contributed by atoms with van der Waals surface area (Å²) < 4.78 is 5.20. The van der Waals surface area contributed by atoms with Crippen molar-refractivity contribution < 1.29 is 4.74 Å². The van der Waals surface area contributed by atoms with Crippen LogP contribution in [0.5, 0.6) is 0 Å². The van der Waals surface area contributed by atoms with Crippen molar-refractivity contribution in [1.29, 1.82) is 0 Å². The van der Waals surface area contributed by atoms with Gasteiger partial charge < -0.3 is 15.0 Å². The summed E-state index contributed by atoms with van der Waals surface area (Å²) in [5.41, 5.74) is 2.43. The third-order valence-corrected chi connectivity index (χ3v) is 4.01. The van der Waals surface area contributed by atoms with Gasteiger partial charge in [0, 0.05) is 26.7 Å². The van der Waals surface area contributed by atoms with E-state index in [0.717, 1.165) is 31.5 Å². The van der Waals surface area contributed by atoms with E-state index in [1.165, 1.54) is 24.0 Å². The zero-order valence-corrected chi connectivity index (χ0v) is 14.1. The summed E-state index contributed by atoms with van der Waals surface area (Å²) in [6.07, 6.45) is 2.59. The summed E-state index contributed by atoms with van der Waals surface area (Å²) in [7, 11) is 1.73. The van der Waals surface area contributed by atoms with Crippen LogP contribution in [0.4, 0.5) is 0 Å². The van der Waals surface area contributed by atoms with Gasteiger partial charge in [0.15, 0.2) is 5.96 Å². The molecular formula is C18H29N3O. The van der Waals surface area contributed by atoms with E-state index < -0.39 is 0 Å². The van der Waals surface area contributed by atoms with Crippen LogP contribution in [0.2, 0.25) is 0 Å².